The van der Waals surface area contributed by atoms with E-state index in [-0.39, 0.29) is 23.5 Å². The Morgan fingerprint density at radius 1 is 1.26 bits per heavy atom. The number of rotatable bonds is 6. The van der Waals surface area contributed by atoms with Gasteiger partial charge in [0, 0.05) is 6.42 Å². The first-order chi connectivity index (χ1) is 15.2. The number of aromatic amines is 1. The van der Waals surface area contributed by atoms with E-state index in [2.05, 4.69) is 20.3 Å². The van der Waals surface area contributed by atoms with Crippen LogP contribution in [0.4, 0.5) is 4.39 Å². The molecule has 0 saturated heterocycles. The molecule has 7 nitrogen and oxygen atoms in total. The van der Waals surface area contributed by atoms with Crippen LogP contribution in [0.3, 0.4) is 0 Å². The van der Waals surface area contributed by atoms with Gasteiger partial charge in [0.15, 0.2) is 5.82 Å². The number of halogens is 1. The van der Waals surface area contributed by atoms with Gasteiger partial charge in [-0.05, 0) is 35.7 Å². The van der Waals surface area contributed by atoms with Gasteiger partial charge in [-0.15, -0.1) is 16.4 Å². The van der Waals surface area contributed by atoms with Crippen molar-refractivity contribution in [1.29, 1.82) is 0 Å². The Kier molecular flexibility index (Phi) is 5.39. The number of nitrogens with one attached hydrogen (secondary N) is 1. The van der Waals surface area contributed by atoms with E-state index in [4.69, 9.17) is 4.42 Å². The summed E-state index contributed by atoms with van der Waals surface area (Å²) < 4.78 is 19.5. The second-order valence-electron chi connectivity index (χ2n) is 6.73. The van der Waals surface area contributed by atoms with Gasteiger partial charge in [0.25, 0.3) is 5.91 Å². The van der Waals surface area contributed by atoms with E-state index in [0.29, 0.717) is 28.7 Å². The molecule has 1 aromatic carbocycles. The largest absolute Gasteiger partial charge is 0.467 e. The van der Waals surface area contributed by atoms with Gasteiger partial charge >= 0.3 is 0 Å². The molecule has 10 heteroatoms. The number of carbonyl (C=O) groups excluding carboxylic acids is 1. The van der Waals surface area contributed by atoms with E-state index in [0.717, 1.165) is 10.6 Å². The predicted octanol–water partition coefficient (Wildman–Crippen LogP) is 4.74. The molecule has 1 atom stereocenters. The van der Waals surface area contributed by atoms with Gasteiger partial charge in [-0.3, -0.25) is 9.89 Å². The standard InChI is InChI=1S/C21H16FN5O2S2/c22-14-6-2-1-5-13(14)20-23-21(25-24-20)31-12-19(28)27-16(17-7-3-9-29-17)11-15(26-27)18-8-4-10-30-18/h1-10,16H,11-12H2,(H,23,24,25)/t16-/m1/s1. The summed E-state index contributed by atoms with van der Waals surface area (Å²) in [6.07, 6.45) is 2.18. The molecule has 0 spiro atoms. The van der Waals surface area contributed by atoms with Crippen LogP contribution in [0, 0.1) is 5.82 Å². The molecule has 1 amide bonds. The van der Waals surface area contributed by atoms with Crippen LogP contribution in [-0.4, -0.2) is 37.6 Å². The Morgan fingerprint density at radius 3 is 2.94 bits per heavy atom. The second-order valence-corrected chi connectivity index (χ2v) is 8.62. The quantitative estimate of drug-likeness (QED) is 0.426. The van der Waals surface area contributed by atoms with Crippen LogP contribution in [-0.2, 0) is 4.79 Å². The zero-order valence-electron chi connectivity index (χ0n) is 16.1. The maximum Gasteiger partial charge on any atom is 0.253 e. The predicted molar refractivity (Wildman–Crippen MR) is 116 cm³/mol. The number of carbonyl (C=O) groups is 1. The third-order valence-corrected chi connectivity index (χ3v) is 6.51. The molecule has 1 aliphatic heterocycles. The zero-order chi connectivity index (χ0) is 21.2. The molecule has 4 aromatic rings. The van der Waals surface area contributed by atoms with Gasteiger partial charge in [-0.1, -0.05) is 30.0 Å². The summed E-state index contributed by atoms with van der Waals surface area (Å²) in [4.78, 5) is 18.3. The Labute approximate surface area is 185 Å². The van der Waals surface area contributed by atoms with Gasteiger partial charge in [0.05, 0.1) is 28.2 Å². The first kappa shape index (κ1) is 19.7. The van der Waals surface area contributed by atoms with Gasteiger partial charge in [-0.2, -0.15) is 5.10 Å². The Hall–Kier alpha value is -3.24. The minimum absolute atomic E-state index is 0.0903. The van der Waals surface area contributed by atoms with Crippen LogP contribution in [0.2, 0.25) is 0 Å². The average Bonchev–Trinajstić information content (AvgIpc) is 3.57. The zero-order valence-corrected chi connectivity index (χ0v) is 17.7. The van der Waals surface area contributed by atoms with E-state index in [1.54, 1.807) is 41.9 Å². The molecule has 1 aliphatic rings. The smallest absolute Gasteiger partial charge is 0.253 e. The third kappa shape index (κ3) is 4.04. The highest BCUT2D eigenvalue weighted by atomic mass is 32.2. The van der Waals surface area contributed by atoms with Crippen molar-refractivity contribution in [3.05, 3.63) is 76.6 Å². The van der Waals surface area contributed by atoms with Crippen molar-refractivity contribution in [3.8, 4) is 11.4 Å². The summed E-state index contributed by atoms with van der Waals surface area (Å²) in [5, 5.41) is 15.2. The number of hydrogen-bond acceptors (Lipinski definition) is 7. The normalized spacial score (nSPS) is 16.0. The summed E-state index contributed by atoms with van der Waals surface area (Å²) in [5.41, 5.74) is 1.19. The van der Waals surface area contributed by atoms with Crippen molar-refractivity contribution in [2.24, 2.45) is 5.10 Å². The number of H-pyrrole nitrogens is 1. The minimum atomic E-state index is -0.389. The number of nitrogens with zero attached hydrogens (tertiary/aromatic N) is 4. The molecule has 0 radical (unpaired) electrons. The fraction of sp³-hybridized carbons (Fsp3) is 0.143. The number of aromatic nitrogens is 3. The van der Waals surface area contributed by atoms with Gasteiger partial charge in [0.1, 0.15) is 17.6 Å². The molecule has 1 N–H and O–H groups in total. The highest BCUT2D eigenvalue weighted by Gasteiger charge is 2.35. The summed E-state index contributed by atoms with van der Waals surface area (Å²) in [6.45, 7) is 0. The van der Waals surface area contributed by atoms with Crippen molar-refractivity contribution < 1.29 is 13.6 Å². The SMILES string of the molecule is O=C(CSc1n[nH]c(-c2ccccc2F)n1)N1N=C(c2cccs2)C[C@@H]1c1ccco1. The molecule has 31 heavy (non-hydrogen) atoms. The van der Waals surface area contributed by atoms with Crippen LogP contribution >= 0.6 is 23.1 Å². The lowest BCUT2D eigenvalue weighted by molar-refractivity contribution is -0.130. The van der Waals surface area contributed by atoms with E-state index in [1.165, 1.54) is 22.8 Å². The van der Waals surface area contributed by atoms with Crippen LogP contribution in [0.1, 0.15) is 23.1 Å². The van der Waals surface area contributed by atoms with Crippen molar-refractivity contribution in [2.75, 3.05) is 5.75 Å². The molecule has 0 aliphatic carbocycles. The molecule has 4 heterocycles. The van der Waals surface area contributed by atoms with Gasteiger partial charge in [-0.25, -0.2) is 14.4 Å². The number of hydrogen-bond donors (Lipinski definition) is 1. The highest BCUT2D eigenvalue weighted by molar-refractivity contribution is 7.99. The van der Waals surface area contributed by atoms with E-state index < -0.39 is 0 Å². The topological polar surface area (TPSA) is 87.4 Å². The number of thiophene rings is 1. The Bertz CT molecular complexity index is 1220. The van der Waals surface area contributed by atoms with E-state index in [1.807, 2.05) is 23.6 Å². The molecular weight excluding hydrogens is 437 g/mol. The first-order valence-electron chi connectivity index (χ1n) is 9.46. The molecule has 0 fully saturated rings. The second kappa shape index (κ2) is 8.48. The van der Waals surface area contributed by atoms with Crippen molar-refractivity contribution in [1.82, 2.24) is 20.2 Å². The van der Waals surface area contributed by atoms with Gasteiger partial charge < -0.3 is 4.42 Å². The number of furan rings is 1. The lowest BCUT2D eigenvalue weighted by atomic mass is 10.1. The first-order valence-corrected chi connectivity index (χ1v) is 11.3. The number of benzene rings is 1. The van der Waals surface area contributed by atoms with Crippen LogP contribution in [0.5, 0.6) is 0 Å². The lowest BCUT2D eigenvalue weighted by Crippen LogP contribution is -2.28. The summed E-state index contributed by atoms with van der Waals surface area (Å²) in [5.74, 6) is 0.525. The van der Waals surface area contributed by atoms with Crippen LogP contribution in [0.25, 0.3) is 11.4 Å². The third-order valence-electron chi connectivity index (χ3n) is 4.76. The van der Waals surface area contributed by atoms with E-state index >= 15 is 0 Å². The fourth-order valence-corrected chi connectivity index (χ4v) is 4.68. The van der Waals surface area contributed by atoms with Crippen LogP contribution in [0.15, 0.2) is 74.8 Å². The highest BCUT2D eigenvalue weighted by Crippen LogP contribution is 2.34. The average molecular weight is 454 g/mol. The number of amides is 1. The Morgan fingerprint density at radius 2 is 2.16 bits per heavy atom. The number of thioether (sulfide) groups is 1. The molecule has 156 valence electrons. The summed E-state index contributed by atoms with van der Waals surface area (Å²) in [6, 6.07) is 13.6. The van der Waals surface area contributed by atoms with E-state index in [9.17, 15) is 9.18 Å². The maximum absolute atomic E-state index is 14.0. The minimum Gasteiger partial charge on any atom is -0.467 e. The van der Waals surface area contributed by atoms with Crippen molar-refractivity contribution >= 4 is 34.7 Å². The molecule has 0 unspecified atom stereocenters. The lowest BCUT2D eigenvalue weighted by Gasteiger charge is -2.19. The van der Waals surface area contributed by atoms with Gasteiger partial charge in [0.2, 0.25) is 5.16 Å². The molecule has 3 aromatic heterocycles. The molecule has 0 saturated carbocycles. The summed E-state index contributed by atoms with van der Waals surface area (Å²) in [7, 11) is 0. The fourth-order valence-electron chi connectivity index (χ4n) is 3.31. The monoisotopic (exact) mass is 453 g/mol. The summed E-state index contributed by atoms with van der Waals surface area (Å²) >= 11 is 2.76. The van der Waals surface area contributed by atoms with Crippen molar-refractivity contribution in [3.63, 3.8) is 0 Å². The maximum atomic E-state index is 14.0. The van der Waals surface area contributed by atoms with Crippen LogP contribution < -0.4 is 0 Å². The molecular formula is C21H16FN5O2S2. The Balaban J connectivity index is 1.31. The molecule has 5 rings (SSSR count). The molecule has 0 bridgehead atoms. The van der Waals surface area contributed by atoms with Crippen molar-refractivity contribution in [2.45, 2.75) is 17.6 Å². The number of hydrazone groups is 1.